The molecular weight excluding hydrogens is 323 g/mol. The maximum atomic E-state index is 13.7. The molecule has 0 unspecified atom stereocenters. The molecule has 2 aromatic rings. The second kappa shape index (κ2) is 6.51. The van der Waals surface area contributed by atoms with Gasteiger partial charge < -0.3 is 10.5 Å². The normalized spacial score (nSPS) is 10.1. The average molecular weight is 335 g/mol. The lowest BCUT2D eigenvalue weighted by Gasteiger charge is -2.11. The lowest BCUT2D eigenvalue weighted by atomic mass is 10.1. The highest BCUT2D eigenvalue weighted by molar-refractivity contribution is 9.10. The molecule has 0 amide bonds. The maximum absolute atomic E-state index is 13.7. The molecule has 20 heavy (non-hydrogen) atoms. The minimum absolute atomic E-state index is 0.0895. The summed E-state index contributed by atoms with van der Waals surface area (Å²) in [6.07, 6.45) is 0. The Balaban J connectivity index is 2.15. The molecular formula is C15H12BrFN2O. The Labute approximate surface area is 124 Å². The quantitative estimate of drug-likeness (QED) is 0.930. The van der Waals surface area contributed by atoms with Gasteiger partial charge in [0, 0.05) is 22.1 Å². The van der Waals surface area contributed by atoms with Crippen LogP contribution in [0.2, 0.25) is 0 Å². The highest BCUT2D eigenvalue weighted by atomic mass is 79.9. The summed E-state index contributed by atoms with van der Waals surface area (Å²) < 4.78 is 20.2. The summed E-state index contributed by atoms with van der Waals surface area (Å²) in [6.45, 7) is 0.427. The summed E-state index contributed by atoms with van der Waals surface area (Å²) in [5.74, 6) is 0.176. The van der Waals surface area contributed by atoms with Gasteiger partial charge in [0.15, 0.2) is 0 Å². The molecule has 102 valence electrons. The van der Waals surface area contributed by atoms with Crippen LogP contribution in [0.1, 0.15) is 16.7 Å². The third-order valence-corrected chi connectivity index (χ3v) is 3.30. The van der Waals surface area contributed by atoms with Gasteiger partial charge in [-0.25, -0.2) is 4.39 Å². The first-order valence-corrected chi connectivity index (χ1v) is 6.73. The fourth-order valence-electron chi connectivity index (χ4n) is 1.74. The van der Waals surface area contributed by atoms with Gasteiger partial charge in [0.25, 0.3) is 0 Å². The lowest BCUT2D eigenvalue weighted by molar-refractivity contribution is 0.296. The Morgan fingerprint density at radius 2 is 2.00 bits per heavy atom. The highest BCUT2D eigenvalue weighted by Crippen LogP contribution is 2.24. The van der Waals surface area contributed by atoms with Crippen molar-refractivity contribution in [1.82, 2.24) is 0 Å². The number of nitrogens with zero attached hydrogens (tertiary/aromatic N) is 1. The van der Waals surface area contributed by atoms with Crippen molar-refractivity contribution >= 4 is 15.9 Å². The van der Waals surface area contributed by atoms with Crippen molar-refractivity contribution < 1.29 is 9.13 Å². The van der Waals surface area contributed by atoms with Crippen LogP contribution in [0.5, 0.6) is 5.75 Å². The molecule has 0 aliphatic heterocycles. The highest BCUT2D eigenvalue weighted by Gasteiger charge is 2.07. The zero-order chi connectivity index (χ0) is 14.5. The second-order valence-corrected chi connectivity index (χ2v) is 5.08. The monoisotopic (exact) mass is 334 g/mol. The zero-order valence-corrected chi connectivity index (χ0v) is 12.2. The van der Waals surface area contributed by atoms with Crippen molar-refractivity contribution in [3.63, 3.8) is 0 Å². The summed E-state index contributed by atoms with van der Waals surface area (Å²) >= 11 is 3.36. The Morgan fingerprint density at radius 3 is 2.65 bits per heavy atom. The van der Waals surface area contributed by atoms with Gasteiger partial charge in [-0.15, -0.1) is 0 Å². The van der Waals surface area contributed by atoms with E-state index in [1.165, 1.54) is 6.07 Å². The van der Waals surface area contributed by atoms with Crippen molar-refractivity contribution in [2.75, 3.05) is 0 Å². The number of halogens is 2. The minimum Gasteiger partial charge on any atom is -0.488 e. The summed E-state index contributed by atoms with van der Waals surface area (Å²) in [6, 6.07) is 11.7. The second-order valence-electron chi connectivity index (χ2n) is 4.16. The number of benzene rings is 2. The van der Waals surface area contributed by atoms with Crippen LogP contribution in [0.4, 0.5) is 4.39 Å². The Bertz CT molecular complexity index is 667. The number of nitriles is 1. The Morgan fingerprint density at radius 1 is 1.20 bits per heavy atom. The van der Waals surface area contributed by atoms with Crippen LogP contribution < -0.4 is 10.5 Å². The van der Waals surface area contributed by atoms with Crippen LogP contribution in [-0.4, -0.2) is 0 Å². The van der Waals surface area contributed by atoms with E-state index in [1.807, 2.05) is 18.2 Å². The molecule has 0 radical (unpaired) electrons. The van der Waals surface area contributed by atoms with Gasteiger partial charge in [0.05, 0.1) is 11.6 Å². The van der Waals surface area contributed by atoms with Crippen LogP contribution in [0.15, 0.2) is 40.9 Å². The van der Waals surface area contributed by atoms with E-state index >= 15 is 0 Å². The third-order valence-electron chi connectivity index (χ3n) is 2.81. The summed E-state index contributed by atoms with van der Waals surface area (Å²) in [7, 11) is 0. The van der Waals surface area contributed by atoms with E-state index < -0.39 is 5.82 Å². The molecule has 0 bridgehead atoms. The summed E-state index contributed by atoms with van der Waals surface area (Å²) in [5, 5.41) is 8.69. The van der Waals surface area contributed by atoms with Crippen molar-refractivity contribution in [1.29, 1.82) is 5.26 Å². The first-order chi connectivity index (χ1) is 9.63. The fourth-order valence-corrected chi connectivity index (χ4v) is 2.15. The van der Waals surface area contributed by atoms with Crippen LogP contribution in [0, 0.1) is 17.1 Å². The van der Waals surface area contributed by atoms with Gasteiger partial charge in [0.1, 0.15) is 18.2 Å². The largest absolute Gasteiger partial charge is 0.488 e. The van der Waals surface area contributed by atoms with E-state index in [1.54, 1.807) is 18.2 Å². The van der Waals surface area contributed by atoms with E-state index in [9.17, 15) is 4.39 Å². The smallest absolute Gasteiger partial charge is 0.131 e. The predicted molar refractivity (Wildman–Crippen MR) is 77.5 cm³/mol. The molecule has 2 rings (SSSR count). The van der Waals surface area contributed by atoms with Gasteiger partial charge in [-0.05, 0) is 30.3 Å². The molecule has 0 aliphatic rings. The lowest BCUT2D eigenvalue weighted by Crippen LogP contribution is -2.04. The van der Waals surface area contributed by atoms with Gasteiger partial charge in [-0.2, -0.15) is 5.26 Å². The summed E-state index contributed by atoms with van der Waals surface area (Å²) in [4.78, 5) is 0. The molecule has 5 heteroatoms. The molecule has 3 nitrogen and oxygen atoms in total. The molecule has 0 atom stereocenters. The van der Waals surface area contributed by atoms with Crippen LogP contribution in [0.3, 0.4) is 0 Å². The van der Waals surface area contributed by atoms with E-state index in [2.05, 4.69) is 15.9 Å². The van der Waals surface area contributed by atoms with E-state index in [-0.39, 0.29) is 12.2 Å². The number of hydrogen-bond donors (Lipinski definition) is 1. The number of ether oxygens (including phenoxy) is 1. The van der Waals surface area contributed by atoms with Crippen LogP contribution in [0.25, 0.3) is 0 Å². The number of nitrogens with two attached hydrogens (primary N) is 1. The molecule has 0 saturated carbocycles. The van der Waals surface area contributed by atoms with Crippen molar-refractivity contribution in [3.05, 3.63) is 63.4 Å². The number of rotatable bonds is 4. The van der Waals surface area contributed by atoms with Crippen molar-refractivity contribution in [3.8, 4) is 11.8 Å². The van der Waals surface area contributed by atoms with E-state index in [0.29, 0.717) is 17.9 Å². The van der Waals surface area contributed by atoms with Gasteiger partial charge >= 0.3 is 0 Å². The molecule has 2 aromatic carbocycles. The topological polar surface area (TPSA) is 59.0 Å². The third kappa shape index (κ3) is 3.35. The first-order valence-electron chi connectivity index (χ1n) is 5.94. The minimum atomic E-state index is -0.449. The molecule has 0 aliphatic carbocycles. The maximum Gasteiger partial charge on any atom is 0.131 e. The average Bonchev–Trinajstić information content (AvgIpc) is 2.46. The van der Waals surface area contributed by atoms with Gasteiger partial charge in [-0.1, -0.05) is 22.0 Å². The fraction of sp³-hybridized carbons (Fsp3) is 0.133. The molecule has 0 spiro atoms. The van der Waals surface area contributed by atoms with E-state index in [4.69, 9.17) is 15.7 Å². The molecule has 0 aromatic heterocycles. The molecule has 2 N–H and O–H groups in total. The Hall–Kier alpha value is -1.90. The zero-order valence-electron chi connectivity index (χ0n) is 10.6. The van der Waals surface area contributed by atoms with E-state index in [0.717, 1.165) is 10.0 Å². The first kappa shape index (κ1) is 14.5. The van der Waals surface area contributed by atoms with Crippen molar-refractivity contribution in [2.45, 2.75) is 13.2 Å². The van der Waals surface area contributed by atoms with Crippen molar-refractivity contribution in [2.24, 2.45) is 5.73 Å². The summed E-state index contributed by atoms with van der Waals surface area (Å²) in [5.41, 5.74) is 7.17. The number of hydrogen-bond acceptors (Lipinski definition) is 3. The molecule has 0 saturated heterocycles. The van der Waals surface area contributed by atoms with Crippen LogP contribution >= 0.6 is 15.9 Å². The molecule has 0 fully saturated rings. The standard InChI is InChI=1S/C15H12BrFN2O/c16-13-3-4-15(12(6-13)8-19)20-9-11-2-1-10(7-18)5-14(11)17/h1-6H,8-9,19H2. The predicted octanol–water partition coefficient (Wildman–Crippen LogP) is 3.50. The van der Waals surface area contributed by atoms with Gasteiger partial charge in [-0.3, -0.25) is 0 Å². The van der Waals surface area contributed by atoms with Gasteiger partial charge in [0.2, 0.25) is 0 Å². The SMILES string of the molecule is N#Cc1ccc(COc2ccc(Br)cc2CN)c(F)c1. The Kier molecular flexibility index (Phi) is 4.72. The van der Waals surface area contributed by atoms with Crippen LogP contribution in [-0.2, 0) is 13.2 Å². The molecule has 0 heterocycles.